The van der Waals surface area contributed by atoms with E-state index in [1.54, 1.807) is 36.9 Å². The second kappa shape index (κ2) is 8.63. The second-order valence-corrected chi connectivity index (χ2v) is 7.60. The molecule has 0 aliphatic rings. The van der Waals surface area contributed by atoms with Gasteiger partial charge in [-0.15, -0.1) is 0 Å². The molecule has 3 nitrogen and oxygen atoms in total. The van der Waals surface area contributed by atoms with Crippen LogP contribution in [0.3, 0.4) is 0 Å². The first-order chi connectivity index (χ1) is 13.0. The first kappa shape index (κ1) is 19.5. The average Bonchev–Trinajstić information content (AvgIpc) is 2.98. The SMILES string of the molecule is Cc1c(C(=O)[O-])cc(-c2ccccc2)n1CCSCc1c(F)cccc1Cl. The topological polar surface area (TPSA) is 45.1 Å². The van der Waals surface area contributed by atoms with Crippen LogP contribution in [0.2, 0.25) is 5.02 Å². The molecule has 0 atom stereocenters. The minimum absolute atomic E-state index is 0.191. The van der Waals surface area contributed by atoms with Crippen LogP contribution in [0.1, 0.15) is 21.6 Å². The lowest BCUT2D eigenvalue weighted by atomic mass is 10.1. The number of thioether (sulfide) groups is 1. The van der Waals surface area contributed by atoms with Gasteiger partial charge in [-0.2, -0.15) is 11.8 Å². The molecule has 1 heterocycles. The average molecular weight is 403 g/mol. The van der Waals surface area contributed by atoms with Gasteiger partial charge in [-0.3, -0.25) is 0 Å². The van der Waals surface area contributed by atoms with E-state index in [1.807, 2.05) is 34.9 Å². The predicted octanol–water partition coefficient (Wildman–Crippen LogP) is 4.55. The van der Waals surface area contributed by atoms with E-state index in [1.165, 1.54) is 6.07 Å². The number of nitrogens with zero attached hydrogens (tertiary/aromatic N) is 1. The number of benzene rings is 2. The summed E-state index contributed by atoms with van der Waals surface area (Å²) in [6, 6.07) is 15.9. The highest BCUT2D eigenvalue weighted by atomic mass is 35.5. The quantitative estimate of drug-likeness (QED) is 0.544. The molecule has 0 spiro atoms. The van der Waals surface area contributed by atoms with Crippen LogP contribution >= 0.6 is 23.4 Å². The molecule has 1 aromatic heterocycles. The number of rotatable bonds is 7. The molecule has 2 aromatic carbocycles. The van der Waals surface area contributed by atoms with Crippen molar-refractivity contribution >= 4 is 29.3 Å². The molecule has 0 radical (unpaired) electrons. The maximum atomic E-state index is 13.9. The Morgan fingerprint density at radius 1 is 1.19 bits per heavy atom. The molecular weight excluding hydrogens is 385 g/mol. The van der Waals surface area contributed by atoms with Crippen LogP contribution in [-0.4, -0.2) is 16.3 Å². The molecule has 3 aromatic rings. The maximum Gasteiger partial charge on any atom is 0.128 e. The van der Waals surface area contributed by atoms with Crippen molar-refractivity contribution in [3.05, 3.63) is 82.3 Å². The Labute approximate surface area is 166 Å². The Balaban J connectivity index is 1.77. The zero-order valence-corrected chi connectivity index (χ0v) is 16.3. The van der Waals surface area contributed by atoms with Crippen molar-refractivity contribution in [2.24, 2.45) is 0 Å². The zero-order chi connectivity index (χ0) is 19.4. The molecule has 0 unspecified atom stereocenters. The van der Waals surface area contributed by atoms with Crippen LogP contribution in [-0.2, 0) is 12.3 Å². The van der Waals surface area contributed by atoms with Crippen molar-refractivity contribution in [2.45, 2.75) is 19.2 Å². The monoisotopic (exact) mass is 402 g/mol. The normalized spacial score (nSPS) is 10.9. The van der Waals surface area contributed by atoms with Gasteiger partial charge in [-0.05, 0) is 30.7 Å². The Kier molecular flexibility index (Phi) is 6.24. The second-order valence-electron chi connectivity index (χ2n) is 6.09. The molecule has 0 N–H and O–H groups in total. The predicted molar refractivity (Wildman–Crippen MR) is 107 cm³/mol. The number of aromatic carboxylic acids is 1. The van der Waals surface area contributed by atoms with Gasteiger partial charge in [-0.1, -0.05) is 48.0 Å². The highest BCUT2D eigenvalue weighted by molar-refractivity contribution is 7.98. The highest BCUT2D eigenvalue weighted by Gasteiger charge is 2.14. The molecule has 140 valence electrons. The summed E-state index contributed by atoms with van der Waals surface area (Å²) in [7, 11) is 0. The largest absolute Gasteiger partial charge is 0.545 e. The van der Waals surface area contributed by atoms with Gasteiger partial charge in [0, 0.05) is 45.6 Å². The molecule has 0 amide bonds. The summed E-state index contributed by atoms with van der Waals surface area (Å²) < 4.78 is 15.8. The number of aromatic nitrogens is 1. The summed E-state index contributed by atoms with van der Waals surface area (Å²) in [5.41, 5.74) is 3.11. The molecule has 0 aliphatic carbocycles. The first-order valence-corrected chi connectivity index (χ1v) is 10.00. The fourth-order valence-electron chi connectivity index (χ4n) is 2.99. The summed E-state index contributed by atoms with van der Waals surface area (Å²) in [6.07, 6.45) is 0. The van der Waals surface area contributed by atoms with Gasteiger partial charge in [0.25, 0.3) is 0 Å². The van der Waals surface area contributed by atoms with Gasteiger partial charge in [0.2, 0.25) is 0 Å². The third-order valence-electron chi connectivity index (χ3n) is 4.42. The van der Waals surface area contributed by atoms with Crippen molar-refractivity contribution in [3.63, 3.8) is 0 Å². The number of halogens is 2. The summed E-state index contributed by atoms with van der Waals surface area (Å²) >= 11 is 7.61. The smallest absolute Gasteiger partial charge is 0.128 e. The van der Waals surface area contributed by atoms with Crippen molar-refractivity contribution in [2.75, 3.05) is 5.75 Å². The van der Waals surface area contributed by atoms with Gasteiger partial charge in [-0.25, -0.2) is 4.39 Å². The van der Waals surface area contributed by atoms with E-state index in [0.29, 0.717) is 34.3 Å². The Morgan fingerprint density at radius 3 is 2.59 bits per heavy atom. The number of hydrogen-bond donors (Lipinski definition) is 0. The van der Waals surface area contributed by atoms with Crippen LogP contribution in [0, 0.1) is 12.7 Å². The molecule has 0 saturated carbocycles. The molecule has 3 rings (SSSR count). The van der Waals surface area contributed by atoms with E-state index in [9.17, 15) is 14.3 Å². The number of carbonyl (C=O) groups is 1. The Hall–Kier alpha value is -2.24. The summed E-state index contributed by atoms with van der Waals surface area (Å²) in [5.74, 6) is -0.350. The highest BCUT2D eigenvalue weighted by Crippen LogP contribution is 2.28. The van der Waals surface area contributed by atoms with Gasteiger partial charge in [0.1, 0.15) is 5.82 Å². The van der Waals surface area contributed by atoms with Crippen molar-refractivity contribution in [1.82, 2.24) is 4.57 Å². The van der Waals surface area contributed by atoms with E-state index >= 15 is 0 Å². The van der Waals surface area contributed by atoms with E-state index in [2.05, 4.69) is 0 Å². The van der Waals surface area contributed by atoms with Gasteiger partial charge >= 0.3 is 0 Å². The van der Waals surface area contributed by atoms with Crippen LogP contribution in [0.4, 0.5) is 4.39 Å². The summed E-state index contributed by atoms with van der Waals surface area (Å²) in [6.45, 7) is 2.37. The van der Waals surface area contributed by atoms with Crippen molar-refractivity contribution in [1.29, 1.82) is 0 Å². The van der Waals surface area contributed by atoms with Crippen LogP contribution in [0.5, 0.6) is 0 Å². The number of carboxylic acids is 1. The van der Waals surface area contributed by atoms with Crippen molar-refractivity contribution < 1.29 is 14.3 Å². The minimum atomic E-state index is -1.19. The lowest BCUT2D eigenvalue weighted by Crippen LogP contribution is -2.23. The fraction of sp³-hybridized carbons (Fsp3) is 0.190. The minimum Gasteiger partial charge on any atom is -0.545 e. The van der Waals surface area contributed by atoms with E-state index in [4.69, 9.17) is 11.6 Å². The van der Waals surface area contributed by atoms with Gasteiger partial charge < -0.3 is 14.5 Å². The molecule has 0 saturated heterocycles. The lowest BCUT2D eigenvalue weighted by molar-refractivity contribution is -0.255. The standard InChI is InChI=1S/C21H19ClFNO2S/c1-14-16(21(25)26)12-20(15-6-3-2-4-7-15)24(14)10-11-27-13-17-18(22)8-5-9-19(17)23/h2-9,12H,10-11,13H2,1H3,(H,25,26)/p-1. The Bertz CT molecular complexity index is 936. The molecular formula is C21H18ClFNO2S-. The molecule has 6 heteroatoms. The van der Waals surface area contributed by atoms with E-state index in [0.717, 1.165) is 11.3 Å². The molecule has 0 fully saturated rings. The lowest BCUT2D eigenvalue weighted by Gasteiger charge is -2.13. The van der Waals surface area contributed by atoms with E-state index in [-0.39, 0.29) is 11.4 Å². The van der Waals surface area contributed by atoms with Gasteiger partial charge in [0.05, 0.1) is 5.97 Å². The maximum absolute atomic E-state index is 13.9. The third kappa shape index (κ3) is 4.37. The first-order valence-electron chi connectivity index (χ1n) is 8.46. The van der Waals surface area contributed by atoms with E-state index < -0.39 is 5.97 Å². The van der Waals surface area contributed by atoms with Crippen molar-refractivity contribution in [3.8, 4) is 11.3 Å². The number of carboxylic acid groups (broad SMARTS) is 1. The molecule has 0 bridgehead atoms. The zero-order valence-electron chi connectivity index (χ0n) is 14.7. The number of carbonyl (C=O) groups excluding carboxylic acids is 1. The summed E-state index contributed by atoms with van der Waals surface area (Å²) in [5, 5.41) is 11.8. The fourth-order valence-corrected chi connectivity index (χ4v) is 4.25. The number of hydrogen-bond acceptors (Lipinski definition) is 3. The molecule has 27 heavy (non-hydrogen) atoms. The Morgan fingerprint density at radius 2 is 1.93 bits per heavy atom. The van der Waals surface area contributed by atoms with Crippen LogP contribution < -0.4 is 5.11 Å². The van der Waals surface area contributed by atoms with Crippen LogP contribution in [0.25, 0.3) is 11.3 Å². The van der Waals surface area contributed by atoms with Crippen LogP contribution in [0.15, 0.2) is 54.6 Å². The van der Waals surface area contributed by atoms with Gasteiger partial charge in [0.15, 0.2) is 0 Å². The molecule has 0 aliphatic heterocycles. The summed E-state index contributed by atoms with van der Waals surface area (Å²) in [4.78, 5) is 11.4. The third-order valence-corrected chi connectivity index (χ3v) is 5.74.